The van der Waals surface area contributed by atoms with Gasteiger partial charge in [-0.1, -0.05) is 87.5 Å². The van der Waals surface area contributed by atoms with E-state index in [9.17, 15) is 0 Å². The van der Waals surface area contributed by atoms with Crippen LogP contribution in [0.4, 0.5) is 0 Å². The van der Waals surface area contributed by atoms with Crippen LogP contribution in [0.5, 0.6) is 0 Å². The second-order valence-corrected chi connectivity index (χ2v) is 8.17. The number of hydrogen-bond acceptors (Lipinski definition) is 0. The maximum atomic E-state index is 2.48. The molecule has 1 atom stereocenters. The lowest BCUT2D eigenvalue weighted by molar-refractivity contribution is 0.159. The first-order valence-electron chi connectivity index (χ1n) is 9.25. The summed E-state index contributed by atoms with van der Waals surface area (Å²) in [6.45, 7) is 19.2. The standard InChI is InChI=1S/C20H42/c1-9-19(8,18(6)7)14-12-13-15-20(10-2,11-3)16-17(4)5/h17-18H,9-16H2,1-8H3. The van der Waals surface area contributed by atoms with Crippen LogP contribution in [0.15, 0.2) is 0 Å². The Labute approximate surface area is 130 Å². The molecule has 0 nitrogen and oxygen atoms in total. The van der Waals surface area contributed by atoms with E-state index in [0.717, 1.165) is 11.8 Å². The fourth-order valence-electron chi connectivity index (χ4n) is 3.76. The first-order chi connectivity index (χ1) is 9.25. The lowest BCUT2D eigenvalue weighted by Gasteiger charge is -2.35. The molecule has 0 N–H and O–H groups in total. The molecule has 1 unspecified atom stereocenters. The Morgan fingerprint density at radius 1 is 0.750 bits per heavy atom. The van der Waals surface area contributed by atoms with Crippen LogP contribution in [0.1, 0.15) is 107 Å². The Bertz CT molecular complexity index is 234. The van der Waals surface area contributed by atoms with Crippen molar-refractivity contribution in [2.24, 2.45) is 22.7 Å². The van der Waals surface area contributed by atoms with Gasteiger partial charge in [-0.25, -0.2) is 0 Å². The zero-order valence-corrected chi connectivity index (χ0v) is 15.8. The number of unbranched alkanes of at least 4 members (excludes halogenated alkanes) is 1. The summed E-state index contributed by atoms with van der Waals surface area (Å²) in [6, 6.07) is 0. The van der Waals surface area contributed by atoms with E-state index in [-0.39, 0.29) is 0 Å². The van der Waals surface area contributed by atoms with Crippen LogP contribution in [0, 0.1) is 22.7 Å². The first-order valence-corrected chi connectivity index (χ1v) is 9.25. The van der Waals surface area contributed by atoms with Crippen LogP contribution >= 0.6 is 0 Å². The molecule has 0 heterocycles. The summed E-state index contributed by atoms with van der Waals surface area (Å²) in [5, 5.41) is 0. The van der Waals surface area contributed by atoms with Gasteiger partial charge in [0, 0.05) is 0 Å². The van der Waals surface area contributed by atoms with Crippen LogP contribution in [-0.4, -0.2) is 0 Å². The van der Waals surface area contributed by atoms with Crippen LogP contribution in [0.25, 0.3) is 0 Å². The number of hydrogen-bond donors (Lipinski definition) is 0. The highest BCUT2D eigenvalue weighted by Crippen LogP contribution is 2.41. The third-order valence-electron chi connectivity index (χ3n) is 6.25. The van der Waals surface area contributed by atoms with Crippen molar-refractivity contribution >= 4 is 0 Å². The van der Waals surface area contributed by atoms with Gasteiger partial charge in [0.05, 0.1) is 0 Å². The molecule has 0 aliphatic rings. The van der Waals surface area contributed by atoms with E-state index < -0.39 is 0 Å². The van der Waals surface area contributed by atoms with E-state index in [4.69, 9.17) is 0 Å². The predicted octanol–water partition coefficient (Wildman–Crippen LogP) is 7.47. The van der Waals surface area contributed by atoms with Gasteiger partial charge < -0.3 is 0 Å². The number of rotatable bonds is 11. The second-order valence-electron chi connectivity index (χ2n) is 8.17. The molecule has 0 saturated heterocycles. The van der Waals surface area contributed by atoms with E-state index in [0.29, 0.717) is 10.8 Å². The van der Waals surface area contributed by atoms with Crippen molar-refractivity contribution in [3.8, 4) is 0 Å². The van der Waals surface area contributed by atoms with Crippen LogP contribution < -0.4 is 0 Å². The predicted molar refractivity (Wildman–Crippen MR) is 94.2 cm³/mol. The summed E-state index contributed by atoms with van der Waals surface area (Å²) in [5.74, 6) is 1.65. The SMILES string of the molecule is CCC(CC)(CCCCC(C)(CC)C(C)C)CC(C)C. The molecule has 0 saturated carbocycles. The van der Waals surface area contributed by atoms with Crippen molar-refractivity contribution in [1.29, 1.82) is 0 Å². The highest BCUT2D eigenvalue weighted by atomic mass is 14.3. The maximum absolute atomic E-state index is 2.48. The topological polar surface area (TPSA) is 0 Å². The van der Waals surface area contributed by atoms with Gasteiger partial charge in [-0.15, -0.1) is 0 Å². The highest BCUT2D eigenvalue weighted by Gasteiger charge is 2.28. The van der Waals surface area contributed by atoms with Gasteiger partial charge in [0.2, 0.25) is 0 Å². The third-order valence-corrected chi connectivity index (χ3v) is 6.25. The summed E-state index contributed by atoms with van der Waals surface area (Å²) in [5.41, 5.74) is 1.17. The van der Waals surface area contributed by atoms with Gasteiger partial charge in [-0.05, 0) is 41.9 Å². The minimum atomic E-state index is 0.555. The molecular weight excluding hydrogens is 240 g/mol. The van der Waals surface area contributed by atoms with Gasteiger partial charge in [0.25, 0.3) is 0 Å². The molecule has 0 aliphatic heterocycles. The van der Waals surface area contributed by atoms with Crippen molar-refractivity contribution in [1.82, 2.24) is 0 Å². The Hall–Kier alpha value is 0. The Morgan fingerprint density at radius 2 is 1.25 bits per heavy atom. The van der Waals surface area contributed by atoms with Crippen LogP contribution in [-0.2, 0) is 0 Å². The minimum Gasteiger partial charge on any atom is -0.0649 e. The molecule has 0 fully saturated rings. The fourth-order valence-corrected chi connectivity index (χ4v) is 3.76. The smallest absolute Gasteiger partial charge is 0.0300 e. The van der Waals surface area contributed by atoms with Crippen molar-refractivity contribution in [2.45, 2.75) is 107 Å². The van der Waals surface area contributed by atoms with Crippen molar-refractivity contribution < 1.29 is 0 Å². The molecule has 0 aromatic carbocycles. The summed E-state index contributed by atoms with van der Waals surface area (Å²) < 4.78 is 0. The highest BCUT2D eigenvalue weighted by molar-refractivity contribution is 4.80. The zero-order chi connectivity index (χ0) is 15.8. The van der Waals surface area contributed by atoms with Gasteiger partial charge >= 0.3 is 0 Å². The monoisotopic (exact) mass is 282 g/mol. The molecule has 0 radical (unpaired) electrons. The largest absolute Gasteiger partial charge is 0.0649 e. The average Bonchev–Trinajstić information content (AvgIpc) is 2.41. The van der Waals surface area contributed by atoms with Gasteiger partial charge in [-0.3, -0.25) is 0 Å². The molecule has 0 bridgehead atoms. The molecule has 0 amide bonds. The third kappa shape index (κ3) is 6.19. The normalized spacial score (nSPS) is 15.9. The molecule has 0 aliphatic carbocycles. The lowest BCUT2D eigenvalue weighted by Crippen LogP contribution is -2.24. The van der Waals surface area contributed by atoms with E-state index >= 15 is 0 Å². The Kier molecular flexibility index (Phi) is 9.11. The van der Waals surface area contributed by atoms with Crippen LogP contribution in [0.2, 0.25) is 0 Å². The molecule has 0 heteroatoms. The lowest BCUT2D eigenvalue weighted by atomic mass is 9.70. The zero-order valence-electron chi connectivity index (χ0n) is 15.8. The summed E-state index contributed by atoms with van der Waals surface area (Å²) >= 11 is 0. The van der Waals surface area contributed by atoms with E-state index in [2.05, 4.69) is 55.4 Å². The summed E-state index contributed by atoms with van der Waals surface area (Å²) in [4.78, 5) is 0. The average molecular weight is 283 g/mol. The first kappa shape index (κ1) is 20.0. The molecule has 0 aromatic heterocycles. The molecule has 122 valence electrons. The second kappa shape index (κ2) is 9.11. The van der Waals surface area contributed by atoms with E-state index in [1.165, 1.54) is 51.4 Å². The van der Waals surface area contributed by atoms with Gasteiger partial charge in [0.1, 0.15) is 0 Å². The Balaban J connectivity index is 4.32. The quantitative estimate of drug-likeness (QED) is 0.345. The van der Waals surface area contributed by atoms with Gasteiger partial charge in [-0.2, -0.15) is 0 Å². The van der Waals surface area contributed by atoms with E-state index in [1.807, 2.05) is 0 Å². The summed E-state index contributed by atoms with van der Waals surface area (Å²) in [7, 11) is 0. The van der Waals surface area contributed by atoms with Crippen molar-refractivity contribution in [2.75, 3.05) is 0 Å². The fraction of sp³-hybridized carbons (Fsp3) is 1.00. The minimum absolute atomic E-state index is 0.555. The van der Waals surface area contributed by atoms with E-state index in [1.54, 1.807) is 0 Å². The molecule has 0 aromatic rings. The van der Waals surface area contributed by atoms with Crippen molar-refractivity contribution in [3.63, 3.8) is 0 Å². The van der Waals surface area contributed by atoms with Gasteiger partial charge in [0.15, 0.2) is 0 Å². The molecule has 0 spiro atoms. The maximum Gasteiger partial charge on any atom is -0.0300 e. The molecule has 0 rings (SSSR count). The molecule has 20 heavy (non-hydrogen) atoms. The van der Waals surface area contributed by atoms with Crippen LogP contribution in [0.3, 0.4) is 0 Å². The van der Waals surface area contributed by atoms with Crippen molar-refractivity contribution in [3.05, 3.63) is 0 Å². The summed E-state index contributed by atoms with van der Waals surface area (Å²) in [6.07, 6.45) is 11.1. The Morgan fingerprint density at radius 3 is 1.60 bits per heavy atom. The molecular formula is C20H42.